The highest BCUT2D eigenvalue weighted by Gasteiger charge is 2.07. The Bertz CT molecular complexity index is 838. The van der Waals surface area contributed by atoms with Gasteiger partial charge in [0.1, 0.15) is 18.1 Å². The van der Waals surface area contributed by atoms with E-state index in [1.54, 1.807) is 12.1 Å². The molecular formula is C23H23NO2. The van der Waals surface area contributed by atoms with E-state index >= 15 is 0 Å². The summed E-state index contributed by atoms with van der Waals surface area (Å²) in [5.74, 6) is 1.12. The number of nitrogens with one attached hydrogen (secondary N) is 1. The normalized spacial score (nSPS) is 11.3. The number of rotatable bonds is 7. The quantitative estimate of drug-likeness (QED) is 0.486. The summed E-state index contributed by atoms with van der Waals surface area (Å²) < 4.78 is 5.71. The number of hydrogen-bond acceptors (Lipinski definition) is 3. The smallest absolute Gasteiger partial charge is 0.119 e. The van der Waals surface area contributed by atoms with Gasteiger partial charge in [-0.15, -0.1) is 0 Å². The summed E-state index contributed by atoms with van der Waals surface area (Å²) in [5, 5.41) is 12.7. The summed E-state index contributed by atoms with van der Waals surface area (Å²) in [7, 11) is 1.91. The molecule has 0 unspecified atom stereocenters. The topological polar surface area (TPSA) is 41.5 Å². The predicted molar refractivity (Wildman–Crippen MR) is 107 cm³/mol. The molecule has 3 heteroatoms. The molecule has 0 bridgehead atoms. The first-order valence-electron chi connectivity index (χ1n) is 8.70. The standard InChI is InChI=1S/C23H23NO2/c1-24-15-16-26-22-13-9-20(10-14-22)23(17-18-5-3-2-4-6-18)19-7-11-21(25)12-8-19/h2-14,17,24-25H,15-16H2,1H3. The van der Waals surface area contributed by atoms with Gasteiger partial charge < -0.3 is 15.2 Å². The van der Waals surface area contributed by atoms with Crippen LogP contribution in [0.15, 0.2) is 78.9 Å². The lowest BCUT2D eigenvalue weighted by Gasteiger charge is -2.11. The van der Waals surface area contributed by atoms with Crippen LogP contribution in [0, 0.1) is 0 Å². The Hall–Kier alpha value is -3.04. The highest BCUT2D eigenvalue weighted by Crippen LogP contribution is 2.28. The second-order valence-corrected chi connectivity index (χ2v) is 5.99. The first kappa shape index (κ1) is 17.8. The Labute approximate surface area is 154 Å². The van der Waals surface area contributed by atoms with Gasteiger partial charge in [0.15, 0.2) is 0 Å². The highest BCUT2D eigenvalue weighted by atomic mass is 16.5. The molecule has 0 heterocycles. The zero-order valence-corrected chi connectivity index (χ0v) is 14.9. The summed E-state index contributed by atoms with van der Waals surface area (Å²) >= 11 is 0. The number of phenols is 1. The first-order valence-corrected chi connectivity index (χ1v) is 8.70. The van der Waals surface area contributed by atoms with Crippen LogP contribution in [0.5, 0.6) is 11.5 Å². The maximum Gasteiger partial charge on any atom is 0.119 e. The molecule has 2 N–H and O–H groups in total. The van der Waals surface area contributed by atoms with Crippen molar-refractivity contribution in [2.24, 2.45) is 0 Å². The van der Waals surface area contributed by atoms with Crippen LogP contribution < -0.4 is 10.1 Å². The molecule has 0 aliphatic rings. The summed E-state index contributed by atoms with van der Waals surface area (Å²) in [6.07, 6.45) is 2.16. The van der Waals surface area contributed by atoms with Crippen LogP contribution in [-0.4, -0.2) is 25.3 Å². The second kappa shape index (κ2) is 8.88. The van der Waals surface area contributed by atoms with Crippen molar-refractivity contribution in [3.63, 3.8) is 0 Å². The number of phenolic OH excluding ortho intramolecular Hbond substituents is 1. The third kappa shape index (κ3) is 4.74. The van der Waals surface area contributed by atoms with Gasteiger partial charge in [0, 0.05) is 6.54 Å². The van der Waals surface area contributed by atoms with Crippen molar-refractivity contribution in [2.75, 3.05) is 20.2 Å². The van der Waals surface area contributed by atoms with Crippen molar-refractivity contribution < 1.29 is 9.84 Å². The van der Waals surface area contributed by atoms with Crippen LogP contribution in [0.4, 0.5) is 0 Å². The van der Waals surface area contributed by atoms with Gasteiger partial charge >= 0.3 is 0 Å². The summed E-state index contributed by atoms with van der Waals surface area (Å²) in [4.78, 5) is 0. The van der Waals surface area contributed by atoms with Crippen LogP contribution in [0.25, 0.3) is 11.6 Å². The van der Waals surface area contributed by atoms with E-state index in [1.165, 1.54) is 0 Å². The molecule has 0 aromatic heterocycles. The minimum atomic E-state index is 0.265. The summed E-state index contributed by atoms with van der Waals surface area (Å²) in [6.45, 7) is 1.45. The van der Waals surface area contributed by atoms with Gasteiger partial charge in [-0.05, 0) is 59.7 Å². The van der Waals surface area contributed by atoms with E-state index in [2.05, 4.69) is 35.7 Å². The lowest BCUT2D eigenvalue weighted by Crippen LogP contribution is -2.15. The van der Waals surface area contributed by atoms with Crippen molar-refractivity contribution in [1.29, 1.82) is 0 Å². The molecular weight excluding hydrogens is 322 g/mol. The maximum absolute atomic E-state index is 9.60. The average molecular weight is 345 g/mol. The molecule has 0 fully saturated rings. The highest BCUT2D eigenvalue weighted by molar-refractivity contribution is 5.91. The average Bonchev–Trinajstić information content (AvgIpc) is 2.69. The van der Waals surface area contributed by atoms with Crippen LogP contribution in [0.3, 0.4) is 0 Å². The van der Waals surface area contributed by atoms with Crippen LogP contribution in [-0.2, 0) is 0 Å². The molecule has 3 nitrogen and oxygen atoms in total. The van der Waals surface area contributed by atoms with Gasteiger partial charge in [0.25, 0.3) is 0 Å². The minimum absolute atomic E-state index is 0.265. The zero-order valence-electron chi connectivity index (χ0n) is 14.9. The number of aromatic hydroxyl groups is 1. The third-order valence-corrected chi connectivity index (χ3v) is 4.07. The van der Waals surface area contributed by atoms with Gasteiger partial charge in [0.2, 0.25) is 0 Å². The second-order valence-electron chi connectivity index (χ2n) is 5.99. The van der Waals surface area contributed by atoms with E-state index in [0.29, 0.717) is 6.61 Å². The summed E-state index contributed by atoms with van der Waals surface area (Å²) in [6, 6.07) is 25.6. The number of ether oxygens (including phenoxy) is 1. The minimum Gasteiger partial charge on any atom is -0.508 e. The first-order chi connectivity index (χ1) is 12.8. The molecule has 0 aliphatic heterocycles. The molecule has 0 atom stereocenters. The van der Waals surface area contributed by atoms with Crippen molar-refractivity contribution in [2.45, 2.75) is 0 Å². The molecule has 0 saturated carbocycles. The largest absolute Gasteiger partial charge is 0.508 e. The molecule has 0 spiro atoms. The van der Waals surface area contributed by atoms with E-state index < -0.39 is 0 Å². The van der Waals surface area contributed by atoms with Gasteiger partial charge in [-0.25, -0.2) is 0 Å². The van der Waals surface area contributed by atoms with Crippen molar-refractivity contribution >= 4 is 11.6 Å². The Kier molecular flexibility index (Phi) is 6.07. The fourth-order valence-corrected chi connectivity index (χ4v) is 2.69. The number of hydrogen-bond donors (Lipinski definition) is 2. The Morgan fingerprint density at radius 2 is 1.50 bits per heavy atom. The molecule has 0 aliphatic carbocycles. The van der Waals surface area contributed by atoms with E-state index in [0.717, 1.165) is 34.6 Å². The number of benzene rings is 3. The van der Waals surface area contributed by atoms with Gasteiger partial charge in [0.05, 0.1) is 0 Å². The molecule has 132 valence electrons. The van der Waals surface area contributed by atoms with Crippen LogP contribution in [0.1, 0.15) is 16.7 Å². The molecule has 3 rings (SSSR count). The molecule has 0 radical (unpaired) electrons. The molecule has 3 aromatic carbocycles. The third-order valence-electron chi connectivity index (χ3n) is 4.07. The Balaban J connectivity index is 1.93. The lowest BCUT2D eigenvalue weighted by atomic mass is 9.95. The van der Waals surface area contributed by atoms with Gasteiger partial charge in [-0.1, -0.05) is 54.6 Å². The fourth-order valence-electron chi connectivity index (χ4n) is 2.69. The number of likely N-dealkylation sites (N-methyl/N-ethyl adjacent to an activating group) is 1. The summed E-state index contributed by atoms with van der Waals surface area (Å²) in [5.41, 5.74) is 4.37. The molecule has 0 saturated heterocycles. The van der Waals surface area contributed by atoms with E-state index in [1.807, 2.05) is 49.5 Å². The molecule has 0 amide bonds. The van der Waals surface area contributed by atoms with Crippen molar-refractivity contribution in [1.82, 2.24) is 5.32 Å². The van der Waals surface area contributed by atoms with Crippen molar-refractivity contribution in [3.8, 4) is 11.5 Å². The maximum atomic E-state index is 9.60. The zero-order chi connectivity index (χ0) is 18.2. The van der Waals surface area contributed by atoms with Gasteiger partial charge in [-0.3, -0.25) is 0 Å². The van der Waals surface area contributed by atoms with E-state index in [9.17, 15) is 5.11 Å². The van der Waals surface area contributed by atoms with Crippen molar-refractivity contribution in [3.05, 3.63) is 95.6 Å². The molecule has 3 aromatic rings. The predicted octanol–water partition coefficient (Wildman–Crippen LogP) is 4.58. The Morgan fingerprint density at radius 1 is 0.885 bits per heavy atom. The van der Waals surface area contributed by atoms with Gasteiger partial charge in [-0.2, -0.15) is 0 Å². The molecule has 26 heavy (non-hydrogen) atoms. The fraction of sp³-hybridized carbons (Fsp3) is 0.130. The van der Waals surface area contributed by atoms with Crippen LogP contribution in [0.2, 0.25) is 0 Å². The SMILES string of the molecule is CNCCOc1ccc(C(=Cc2ccccc2)c2ccc(O)cc2)cc1. The van der Waals surface area contributed by atoms with E-state index in [-0.39, 0.29) is 5.75 Å². The Morgan fingerprint density at radius 3 is 2.12 bits per heavy atom. The lowest BCUT2D eigenvalue weighted by molar-refractivity contribution is 0.318. The van der Waals surface area contributed by atoms with E-state index in [4.69, 9.17) is 4.74 Å². The van der Waals surface area contributed by atoms with Crippen LogP contribution >= 0.6 is 0 Å². The monoisotopic (exact) mass is 345 g/mol.